The van der Waals surface area contributed by atoms with Gasteiger partial charge in [-0.3, -0.25) is 19.2 Å². The number of rotatable bonds is 6. The van der Waals surface area contributed by atoms with Gasteiger partial charge in [-0.25, -0.2) is 0 Å². The first-order valence-corrected chi connectivity index (χ1v) is 17.3. The summed E-state index contributed by atoms with van der Waals surface area (Å²) in [5.41, 5.74) is -1.44. The maximum atomic E-state index is 15.0. The first kappa shape index (κ1) is 35.8. The third kappa shape index (κ3) is 6.58. The van der Waals surface area contributed by atoms with E-state index in [1.54, 1.807) is 19.1 Å². The molecular weight excluding hydrogens is 610 g/mol. The molecule has 1 aromatic carbocycles. The molecule has 3 amide bonds. The van der Waals surface area contributed by atoms with Crippen LogP contribution in [0.4, 0.5) is 0 Å². The highest BCUT2D eigenvalue weighted by atomic mass is 16.6. The normalized spacial score (nSPS) is 32.8. The molecular formula is C38H53N3O7. The van der Waals surface area contributed by atoms with Gasteiger partial charge in [0.05, 0.1) is 30.7 Å². The van der Waals surface area contributed by atoms with Crippen molar-refractivity contribution in [2.24, 2.45) is 23.2 Å². The first-order chi connectivity index (χ1) is 22.5. The Morgan fingerprint density at radius 1 is 1.02 bits per heavy atom. The van der Waals surface area contributed by atoms with Gasteiger partial charge in [0.2, 0.25) is 17.7 Å². The number of esters is 1. The van der Waals surface area contributed by atoms with Gasteiger partial charge in [0, 0.05) is 18.5 Å². The number of fused-ring (bicyclic) bond motifs is 2. The fraction of sp³-hybridized carbons (Fsp3) is 0.632. The zero-order chi connectivity index (χ0) is 35.2. The molecule has 0 unspecified atom stereocenters. The number of nitrogens with one attached hydrogen (secondary N) is 1. The summed E-state index contributed by atoms with van der Waals surface area (Å²) in [6.45, 7) is 16.0. The summed E-state index contributed by atoms with van der Waals surface area (Å²) in [5, 5.41) is 13.6. The van der Waals surface area contributed by atoms with Crippen molar-refractivity contribution in [3.63, 3.8) is 0 Å². The lowest BCUT2D eigenvalue weighted by Gasteiger charge is -2.45. The van der Waals surface area contributed by atoms with Crippen LogP contribution in [-0.4, -0.2) is 87.1 Å². The summed E-state index contributed by atoms with van der Waals surface area (Å²) in [7, 11) is 0. The number of hydrogen-bond acceptors (Lipinski definition) is 7. The third-order valence-corrected chi connectivity index (χ3v) is 10.3. The quantitative estimate of drug-likeness (QED) is 0.343. The second kappa shape index (κ2) is 13.4. The van der Waals surface area contributed by atoms with E-state index in [4.69, 9.17) is 9.47 Å². The van der Waals surface area contributed by atoms with Crippen molar-refractivity contribution < 1.29 is 33.8 Å². The lowest BCUT2D eigenvalue weighted by Crippen LogP contribution is -2.62. The minimum atomic E-state index is -1.48. The highest BCUT2D eigenvalue weighted by Crippen LogP contribution is 2.54. The molecule has 0 bridgehead atoms. The van der Waals surface area contributed by atoms with Gasteiger partial charge < -0.3 is 29.7 Å². The molecule has 2 fully saturated rings. The van der Waals surface area contributed by atoms with Crippen LogP contribution in [0.2, 0.25) is 0 Å². The van der Waals surface area contributed by atoms with Crippen LogP contribution in [0.25, 0.3) is 0 Å². The predicted molar refractivity (Wildman–Crippen MR) is 181 cm³/mol. The van der Waals surface area contributed by atoms with Gasteiger partial charge in [0.25, 0.3) is 0 Å². The van der Waals surface area contributed by atoms with Crippen LogP contribution in [0.15, 0.2) is 54.6 Å². The van der Waals surface area contributed by atoms with Crippen LogP contribution >= 0.6 is 0 Å². The number of carbonyl (C=O) groups excluding carboxylic acids is 4. The molecule has 8 atom stereocenters. The molecule has 4 heterocycles. The molecule has 10 nitrogen and oxygen atoms in total. The number of cyclic esters (lactones) is 1. The molecule has 0 radical (unpaired) electrons. The second-order valence-corrected chi connectivity index (χ2v) is 16.1. The monoisotopic (exact) mass is 663 g/mol. The number of carbonyl (C=O) groups is 4. The number of amides is 3. The Morgan fingerprint density at radius 2 is 1.71 bits per heavy atom. The van der Waals surface area contributed by atoms with E-state index >= 15 is 0 Å². The Hall–Kier alpha value is -3.50. The molecule has 2 N–H and O–H groups in total. The maximum Gasteiger partial charge on any atom is 0.313 e. The molecule has 262 valence electrons. The molecule has 5 rings (SSSR count). The van der Waals surface area contributed by atoms with Gasteiger partial charge in [0.15, 0.2) is 0 Å². The molecule has 0 saturated carbocycles. The second-order valence-electron chi connectivity index (χ2n) is 16.1. The number of benzene rings is 1. The maximum absolute atomic E-state index is 15.0. The van der Waals surface area contributed by atoms with E-state index in [1.165, 1.54) is 4.90 Å². The van der Waals surface area contributed by atoms with Gasteiger partial charge in [0.1, 0.15) is 23.7 Å². The largest absolute Gasteiger partial charge is 0.455 e. The van der Waals surface area contributed by atoms with Gasteiger partial charge in [-0.2, -0.15) is 0 Å². The van der Waals surface area contributed by atoms with Crippen molar-refractivity contribution in [2.45, 2.75) is 116 Å². The highest BCUT2D eigenvalue weighted by Gasteiger charge is 2.73. The highest BCUT2D eigenvalue weighted by molar-refractivity contribution is 5.99. The molecule has 4 aliphatic rings. The lowest BCUT2D eigenvalue weighted by molar-refractivity contribution is -0.163. The topological polar surface area (TPSA) is 125 Å². The van der Waals surface area contributed by atoms with Gasteiger partial charge in [-0.1, -0.05) is 89.3 Å². The van der Waals surface area contributed by atoms with Crippen molar-refractivity contribution in [1.82, 2.24) is 15.1 Å². The number of aliphatic hydroxyl groups is 1. The Kier molecular flexibility index (Phi) is 10.0. The zero-order valence-electron chi connectivity index (χ0n) is 29.6. The van der Waals surface area contributed by atoms with Crippen molar-refractivity contribution in [3.05, 3.63) is 60.2 Å². The van der Waals surface area contributed by atoms with E-state index in [9.17, 15) is 24.3 Å². The Balaban J connectivity index is 1.64. The average Bonchev–Trinajstić information content (AvgIpc) is 3.37. The summed E-state index contributed by atoms with van der Waals surface area (Å²) in [6.07, 6.45) is 6.85. The standard InChI is InChI=1S/C38H53N3O7/c1-23(2)26(21-42)41-32-34(45)40(37(7,8)22-36(4,5)6)20-14-19-38(32)30(33(41)44)29-27(48-38)17-12-13-18-28(43)39-24(3)31(47-35(29)46)25-15-10-9-11-16-25/h9-12,14-17,19,23-24,26-27,29-32,42H,13,18,20-22H2,1-8H3,(H,39,43)/b17-12-/t24-,26-,27-,29+,30+,31+,32-,38+/m0/s1. The van der Waals surface area contributed by atoms with Crippen molar-refractivity contribution >= 4 is 23.7 Å². The SMILES string of the molecule is CC(C)[C@H](CO)N1C(=O)[C@H]2[C@@H]3C(=O)O[C@@H](c4ccccc4)[C@H](C)NC(=O)CC/C=C\[C@@H]3O[C@]23C=CCN(C(C)(C)CC(C)(C)C)C(=O)[C@H]13. The van der Waals surface area contributed by atoms with Crippen LogP contribution in [0.5, 0.6) is 0 Å². The van der Waals surface area contributed by atoms with Gasteiger partial charge in [-0.15, -0.1) is 0 Å². The Bertz CT molecular complexity index is 1450. The van der Waals surface area contributed by atoms with Crippen molar-refractivity contribution in [1.29, 1.82) is 0 Å². The Morgan fingerprint density at radius 3 is 2.33 bits per heavy atom. The third-order valence-electron chi connectivity index (χ3n) is 10.3. The molecule has 4 aliphatic heterocycles. The molecule has 0 aromatic heterocycles. The van der Waals surface area contributed by atoms with Crippen LogP contribution in [0, 0.1) is 23.2 Å². The average molecular weight is 664 g/mol. The minimum absolute atomic E-state index is 0.0856. The number of likely N-dealkylation sites (tertiary alicyclic amines) is 1. The van der Waals surface area contributed by atoms with E-state index in [0.29, 0.717) is 24.9 Å². The summed E-state index contributed by atoms with van der Waals surface area (Å²) >= 11 is 0. The van der Waals surface area contributed by atoms with Crippen molar-refractivity contribution in [3.8, 4) is 0 Å². The van der Waals surface area contributed by atoms with Crippen LogP contribution in [-0.2, 0) is 28.7 Å². The van der Waals surface area contributed by atoms with E-state index in [0.717, 1.165) is 0 Å². The van der Waals surface area contributed by atoms with Gasteiger partial charge >= 0.3 is 5.97 Å². The minimum Gasteiger partial charge on any atom is -0.455 e. The van der Waals surface area contributed by atoms with Crippen molar-refractivity contribution in [2.75, 3.05) is 13.2 Å². The van der Waals surface area contributed by atoms with Gasteiger partial charge in [-0.05, 0) is 50.5 Å². The zero-order valence-corrected chi connectivity index (χ0v) is 29.6. The van der Waals surface area contributed by atoms with E-state index < -0.39 is 65.2 Å². The molecule has 1 aromatic rings. The molecule has 48 heavy (non-hydrogen) atoms. The number of allylic oxidation sites excluding steroid dienone is 1. The number of hydrogen-bond donors (Lipinski definition) is 2. The number of nitrogens with zero attached hydrogens (tertiary/aromatic N) is 2. The van der Waals surface area contributed by atoms with Crippen LogP contribution in [0.3, 0.4) is 0 Å². The first-order valence-electron chi connectivity index (χ1n) is 17.3. The van der Waals surface area contributed by atoms with Crippen LogP contribution in [0.1, 0.15) is 86.3 Å². The fourth-order valence-corrected chi connectivity index (χ4v) is 8.56. The smallest absolute Gasteiger partial charge is 0.313 e. The van der Waals surface area contributed by atoms with E-state index in [2.05, 4.69) is 26.1 Å². The molecule has 2 saturated heterocycles. The van der Waals surface area contributed by atoms with Crippen LogP contribution < -0.4 is 5.32 Å². The molecule has 10 heteroatoms. The summed E-state index contributed by atoms with van der Waals surface area (Å²) in [5.74, 6) is -3.84. The number of aliphatic hydroxyl groups excluding tert-OH is 1. The predicted octanol–water partition coefficient (Wildman–Crippen LogP) is 4.34. The summed E-state index contributed by atoms with van der Waals surface area (Å²) in [6, 6.07) is 6.87. The summed E-state index contributed by atoms with van der Waals surface area (Å²) < 4.78 is 13.1. The van der Waals surface area contributed by atoms with E-state index in [1.807, 2.05) is 75.1 Å². The summed E-state index contributed by atoms with van der Waals surface area (Å²) in [4.78, 5) is 60.5. The number of ether oxygens (including phenoxy) is 2. The molecule has 1 spiro atoms. The fourth-order valence-electron chi connectivity index (χ4n) is 8.56. The van der Waals surface area contributed by atoms with E-state index in [-0.39, 0.29) is 36.2 Å². The Labute approximate surface area is 284 Å². The lowest BCUT2D eigenvalue weighted by atomic mass is 9.77. The molecule has 0 aliphatic carbocycles.